The molecule has 0 heterocycles. The molecule has 0 N–H and O–H groups in total. The van der Waals surface area contributed by atoms with E-state index in [-0.39, 0.29) is 29.8 Å². The Balaban J connectivity index is 0. The molecule has 0 saturated heterocycles. The smallest absolute Gasteiger partial charge is 0.129 e. The van der Waals surface area contributed by atoms with Crippen LogP contribution in [-0.2, 0) is 4.79 Å². The average Bonchev–Trinajstić information content (AvgIpc) is 1.38. The van der Waals surface area contributed by atoms with Gasteiger partial charge in [0, 0.05) is 6.42 Å². The second kappa shape index (κ2) is 5.40. The quantitative estimate of drug-likeness (QED) is 0.587. The highest BCUT2D eigenvalue weighted by Gasteiger charge is 1.76. The van der Waals surface area contributed by atoms with Crippen molar-refractivity contribution in [1.29, 1.82) is 0 Å². The predicted molar refractivity (Wildman–Crippen MR) is 36.4 cm³/mol. The Hall–Kier alpha value is 0.400. The van der Waals surface area contributed by atoms with Crippen LogP contribution in [0.4, 0.5) is 0 Å². The molecule has 0 aliphatic rings. The first kappa shape index (κ1) is 9.64. The lowest BCUT2D eigenvalue weighted by molar-refractivity contribution is -0.116. The third kappa shape index (κ3) is 8.83. The molecule has 0 aromatic rings. The molecule has 0 spiro atoms. The van der Waals surface area contributed by atoms with Crippen molar-refractivity contribution in [3.8, 4) is 0 Å². The summed E-state index contributed by atoms with van der Waals surface area (Å²) < 4.78 is 0. The van der Waals surface area contributed by atoms with Crippen LogP contribution in [0, 0.1) is 0 Å². The Morgan fingerprint density at radius 2 is 1.83 bits per heavy atom. The van der Waals surface area contributed by atoms with Gasteiger partial charge in [-0.2, -0.15) is 0 Å². The molecule has 0 bridgehead atoms. The van der Waals surface area contributed by atoms with Gasteiger partial charge in [-0.05, 0) is 6.92 Å². The highest BCUT2D eigenvalue weighted by molar-refractivity contribution is 14.0. The molecule has 1 nitrogen and oxygen atoms in total. The SMILES string of the molecule is CCC(C)=O.I. The van der Waals surface area contributed by atoms with Crippen LogP contribution < -0.4 is 0 Å². The molecule has 2 heteroatoms. The molecule has 0 aromatic carbocycles. The van der Waals surface area contributed by atoms with E-state index in [9.17, 15) is 4.79 Å². The summed E-state index contributed by atoms with van der Waals surface area (Å²) in [6.45, 7) is 3.43. The number of rotatable bonds is 1. The van der Waals surface area contributed by atoms with Crippen LogP contribution in [0.5, 0.6) is 0 Å². The number of ketones is 1. The molecule has 0 atom stereocenters. The average molecular weight is 200 g/mol. The maximum atomic E-state index is 9.81. The van der Waals surface area contributed by atoms with Crippen molar-refractivity contribution >= 4 is 29.8 Å². The molecule has 0 aliphatic heterocycles. The minimum Gasteiger partial charge on any atom is -0.300 e. The van der Waals surface area contributed by atoms with Crippen molar-refractivity contribution in [2.45, 2.75) is 20.3 Å². The first-order valence-corrected chi connectivity index (χ1v) is 1.76. The first-order valence-electron chi connectivity index (χ1n) is 1.76. The molecule has 0 aromatic heterocycles. The van der Waals surface area contributed by atoms with Crippen molar-refractivity contribution in [3.63, 3.8) is 0 Å². The Morgan fingerprint density at radius 3 is 1.83 bits per heavy atom. The van der Waals surface area contributed by atoms with E-state index >= 15 is 0 Å². The second-order valence-electron chi connectivity index (χ2n) is 1.06. The summed E-state index contributed by atoms with van der Waals surface area (Å²) in [5.41, 5.74) is 0. The summed E-state index contributed by atoms with van der Waals surface area (Å²) in [6.07, 6.45) is 0.667. The van der Waals surface area contributed by atoms with Crippen LogP contribution in [-0.4, -0.2) is 5.78 Å². The summed E-state index contributed by atoms with van der Waals surface area (Å²) >= 11 is 0. The van der Waals surface area contributed by atoms with Crippen LogP contribution in [0.15, 0.2) is 0 Å². The van der Waals surface area contributed by atoms with Crippen LogP contribution in [0.25, 0.3) is 0 Å². The minimum absolute atomic E-state index is 0. The van der Waals surface area contributed by atoms with E-state index in [1.807, 2.05) is 6.92 Å². The third-order valence-corrected chi connectivity index (χ3v) is 0.498. The predicted octanol–water partition coefficient (Wildman–Crippen LogP) is 1.60. The highest BCUT2D eigenvalue weighted by Crippen LogP contribution is 1.71. The largest absolute Gasteiger partial charge is 0.300 e. The standard InChI is InChI=1S/C4H8O.HI/c1-3-4(2)5;/h3H2,1-2H3;1H. The van der Waals surface area contributed by atoms with Gasteiger partial charge in [0.1, 0.15) is 5.78 Å². The van der Waals surface area contributed by atoms with E-state index in [2.05, 4.69) is 0 Å². The molecule has 0 radical (unpaired) electrons. The Kier molecular flexibility index (Phi) is 8.68. The molecule has 0 saturated carbocycles. The molecular weight excluding hydrogens is 191 g/mol. The lowest BCUT2D eigenvalue weighted by Crippen LogP contribution is -1.80. The van der Waals surface area contributed by atoms with E-state index in [1.165, 1.54) is 0 Å². The van der Waals surface area contributed by atoms with Gasteiger partial charge in [-0.25, -0.2) is 0 Å². The fraction of sp³-hybridized carbons (Fsp3) is 0.750. The van der Waals surface area contributed by atoms with Gasteiger partial charge in [0.05, 0.1) is 0 Å². The molecular formula is C4H9IO. The molecule has 0 rings (SSSR count). The Morgan fingerprint density at radius 1 is 1.67 bits per heavy atom. The molecule has 38 valence electrons. The zero-order valence-corrected chi connectivity index (χ0v) is 6.35. The lowest BCUT2D eigenvalue weighted by Gasteiger charge is -1.71. The Bertz CT molecular complexity index is 42.8. The second-order valence-corrected chi connectivity index (χ2v) is 1.06. The number of Topliss-reactive ketones (excluding diaryl/α,β-unsaturated/α-hetero) is 1. The monoisotopic (exact) mass is 200 g/mol. The summed E-state index contributed by atoms with van der Waals surface area (Å²) in [5.74, 6) is 0.255. The lowest BCUT2D eigenvalue weighted by atomic mass is 10.4. The van der Waals surface area contributed by atoms with Crippen molar-refractivity contribution in [3.05, 3.63) is 0 Å². The fourth-order valence-electron chi connectivity index (χ4n) is 0. The van der Waals surface area contributed by atoms with E-state index in [0.717, 1.165) is 0 Å². The third-order valence-electron chi connectivity index (χ3n) is 0.498. The molecule has 0 aliphatic carbocycles. The number of carbonyl (C=O) groups is 1. The van der Waals surface area contributed by atoms with Crippen LogP contribution >= 0.6 is 24.0 Å². The van der Waals surface area contributed by atoms with E-state index in [1.54, 1.807) is 6.92 Å². The first-order chi connectivity index (χ1) is 2.27. The summed E-state index contributed by atoms with van der Waals surface area (Å²) in [6, 6.07) is 0. The summed E-state index contributed by atoms with van der Waals surface area (Å²) in [7, 11) is 0. The zero-order valence-electron chi connectivity index (χ0n) is 4.02. The van der Waals surface area contributed by atoms with E-state index in [4.69, 9.17) is 0 Å². The van der Waals surface area contributed by atoms with Crippen LogP contribution in [0.2, 0.25) is 0 Å². The summed E-state index contributed by atoms with van der Waals surface area (Å²) in [4.78, 5) is 9.81. The van der Waals surface area contributed by atoms with Crippen molar-refractivity contribution < 1.29 is 4.79 Å². The molecule has 0 unspecified atom stereocenters. The summed E-state index contributed by atoms with van der Waals surface area (Å²) in [5, 5.41) is 0. The minimum atomic E-state index is 0. The van der Waals surface area contributed by atoms with Gasteiger partial charge in [-0.15, -0.1) is 24.0 Å². The van der Waals surface area contributed by atoms with Crippen molar-refractivity contribution in [2.75, 3.05) is 0 Å². The molecule has 6 heavy (non-hydrogen) atoms. The van der Waals surface area contributed by atoms with Gasteiger partial charge in [0.2, 0.25) is 0 Å². The molecule has 0 amide bonds. The fourth-order valence-corrected chi connectivity index (χ4v) is 0. The molecule has 0 fully saturated rings. The van der Waals surface area contributed by atoms with E-state index < -0.39 is 0 Å². The normalized spacial score (nSPS) is 6.33. The number of halogens is 1. The van der Waals surface area contributed by atoms with Crippen LogP contribution in [0.1, 0.15) is 20.3 Å². The van der Waals surface area contributed by atoms with Gasteiger partial charge in [0.15, 0.2) is 0 Å². The van der Waals surface area contributed by atoms with Gasteiger partial charge >= 0.3 is 0 Å². The van der Waals surface area contributed by atoms with Gasteiger partial charge in [-0.3, -0.25) is 0 Å². The van der Waals surface area contributed by atoms with Gasteiger partial charge in [0.25, 0.3) is 0 Å². The highest BCUT2D eigenvalue weighted by atomic mass is 127. The zero-order chi connectivity index (χ0) is 4.28. The van der Waals surface area contributed by atoms with Gasteiger partial charge < -0.3 is 4.79 Å². The van der Waals surface area contributed by atoms with Crippen molar-refractivity contribution in [2.24, 2.45) is 0 Å². The van der Waals surface area contributed by atoms with Gasteiger partial charge in [-0.1, -0.05) is 6.92 Å². The topological polar surface area (TPSA) is 17.1 Å². The number of hydrogen-bond donors (Lipinski definition) is 0. The van der Waals surface area contributed by atoms with Crippen molar-refractivity contribution in [1.82, 2.24) is 0 Å². The maximum Gasteiger partial charge on any atom is 0.129 e. The maximum absolute atomic E-state index is 9.81. The Labute approximate surface area is 55.1 Å². The van der Waals surface area contributed by atoms with E-state index in [0.29, 0.717) is 6.42 Å². The van der Waals surface area contributed by atoms with Crippen LogP contribution in [0.3, 0.4) is 0 Å². The number of carbonyl (C=O) groups excluding carboxylic acids is 1. The number of hydrogen-bond acceptors (Lipinski definition) is 1.